The lowest BCUT2D eigenvalue weighted by atomic mass is 9.69. The lowest BCUT2D eigenvalue weighted by molar-refractivity contribution is -0.122. The molecule has 2 nitrogen and oxygen atoms in total. The molecule has 0 radical (unpaired) electrons. The molecule has 0 heterocycles. The third kappa shape index (κ3) is 4.40. The van der Waals surface area contributed by atoms with E-state index < -0.39 is 5.41 Å². The van der Waals surface area contributed by atoms with Gasteiger partial charge in [-0.25, -0.2) is 0 Å². The van der Waals surface area contributed by atoms with Crippen LogP contribution >= 0.6 is 0 Å². The zero-order chi connectivity index (χ0) is 19.8. The fraction of sp³-hybridized carbons (Fsp3) is 0.269. The predicted molar refractivity (Wildman–Crippen MR) is 117 cm³/mol. The maximum atomic E-state index is 13.6. The summed E-state index contributed by atoms with van der Waals surface area (Å²) in [5.74, 6) is 0.215. The molecule has 3 rings (SSSR count). The van der Waals surface area contributed by atoms with E-state index in [0.29, 0.717) is 6.54 Å². The van der Waals surface area contributed by atoms with Crippen molar-refractivity contribution in [2.45, 2.75) is 38.1 Å². The SMILES string of the molecule is CCC(C(=O)CNC(C)Cc1ccccc1)(c1ccccc1)c1ccccc1. The van der Waals surface area contributed by atoms with E-state index in [1.807, 2.05) is 42.5 Å². The number of carbonyl (C=O) groups excluding carboxylic acids is 1. The normalized spacial score (nSPS) is 12.5. The Bertz CT molecular complexity index is 819. The van der Waals surface area contributed by atoms with Gasteiger partial charge in [-0.3, -0.25) is 4.79 Å². The van der Waals surface area contributed by atoms with E-state index in [4.69, 9.17) is 0 Å². The molecule has 0 amide bonds. The molecule has 1 unspecified atom stereocenters. The van der Waals surface area contributed by atoms with Crippen LogP contribution in [0, 0.1) is 0 Å². The Morgan fingerprint density at radius 2 is 1.29 bits per heavy atom. The number of nitrogens with one attached hydrogen (secondary N) is 1. The highest BCUT2D eigenvalue weighted by Gasteiger charge is 2.39. The van der Waals surface area contributed by atoms with Crippen molar-refractivity contribution in [3.63, 3.8) is 0 Å². The molecule has 1 N–H and O–H groups in total. The first-order valence-corrected chi connectivity index (χ1v) is 10.1. The van der Waals surface area contributed by atoms with E-state index in [1.165, 1.54) is 5.56 Å². The van der Waals surface area contributed by atoms with E-state index in [0.717, 1.165) is 24.0 Å². The Labute approximate surface area is 168 Å². The Morgan fingerprint density at radius 3 is 1.75 bits per heavy atom. The lowest BCUT2D eigenvalue weighted by Crippen LogP contribution is -2.44. The summed E-state index contributed by atoms with van der Waals surface area (Å²) in [6.45, 7) is 4.59. The Hall–Kier alpha value is -2.71. The van der Waals surface area contributed by atoms with Crippen molar-refractivity contribution in [1.29, 1.82) is 0 Å². The van der Waals surface area contributed by atoms with Crippen molar-refractivity contribution in [3.8, 4) is 0 Å². The standard InChI is InChI=1S/C26H29NO/c1-3-26(23-15-9-5-10-16-23,24-17-11-6-12-18-24)25(28)20-27-21(2)19-22-13-7-4-8-14-22/h4-18,21,27H,3,19-20H2,1-2H3. The smallest absolute Gasteiger partial charge is 0.161 e. The van der Waals surface area contributed by atoms with Crippen LogP contribution in [0.1, 0.15) is 37.0 Å². The third-order valence-electron chi connectivity index (χ3n) is 5.54. The molecule has 0 saturated carbocycles. The lowest BCUT2D eigenvalue weighted by Gasteiger charge is -2.33. The summed E-state index contributed by atoms with van der Waals surface area (Å²) in [7, 11) is 0. The van der Waals surface area contributed by atoms with Gasteiger partial charge in [0.15, 0.2) is 5.78 Å². The number of rotatable bonds is 9. The first-order chi connectivity index (χ1) is 13.7. The maximum Gasteiger partial charge on any atom is 0.161 e. The van der Waals surface area contributed by atoms with Gasteiger partial charge >= 0.3 is 0 Å². The van der Waals surface area contributed by atoms with Crippen molar-refractivity contribution in [1.82, 2.24) is 5.32 Å². The van der Waals surface area contributed by atoms with Crippen LogP contribution in [0.4, 0.5) is 0 Å². The second-order valence-electron chi connectivity index (χ2n) is 7.39. The molecule has 0 aromatic heterocycles. The van der Waals surface area contributed by atoms with Crippen LogP contribution in [0.25, 0.3) is 0 Å². The predicted octanol–water partition coefficient (Wildman–Crippen LogP) is 5.17. The zero-order valence-corrected chi connectivity index (χ0v) is 16.8. The van der Waals surface area contributed by atoms with Gasteiger partial charge in [0.05, 0.1) is 12.0 Å². The largest absolute Gasteiger partial charge is 0.307 e. The minimum atomic E-state index is -0.623. The molecule has 0 aliphatic carbocycles. The van der Waals surface area contributed by atoms with Gasteiger partial charge in [0, 0.05) is 6.04 Å². The summed E-state index contributed by atoms with van der Waals surface area (Å²) in [5.41, 5.74) is 2.78. The highest BCUT2D eigenvalue weighted by atomic mass is 16.1. The van der Waals surface area contributed by atoms with Crippen LogP contribution in [-0.2, 0) is 16.6 Å². The molecule has 0 saturated heterocycles. The first-order valence-electron chi connectivity index (χ1n) is 10.1. The van der Waals surface area contributed by atoms with Gasteiger partial charge < -0.3 is 5.32 Å². The highest BCUT2D eigenvalue weighted by molar-refractivity contribution is 5.95. The van der Waals surface area contributed by atoms with Gasteiger partial charge in [0.2, 0.25) is 0 Å². The van der Waals surface area contributed by atoms with Crippen molar-refractivity contribution < 1.29 is 4.79 Å². The fourth-order valence-electron chi connectivity index (χ4n) is 4.00. The van der Waals surface area contributed by atoms with Crippen LogP contribution in [0.5, 0.6) is 0 Å². The number of hydrogen-bond donors (Lipinski definition) is 1. The minimum absolute atomic E-state index is 0.215. The minimum Gasteiger partial charge on any atom is -0.307 e. The molecule has 144 valence electrons. The van der Waals surface area contributed by atoms with E-state index in [9.17, 15) is 4.79 Å². The van der Waals surface area contributed by atoms with Gasteiger partial charge in [-0.05, 0) is 36.5 Å². The summed E-state index contributed by atoms with van der Waals surface area (Å²) in [6.07, 6.45) is 1.64. The van der Waals surface area contributed by atoms with Crippen molar-refractivity contribution in [2.24, 2.45) is 0 Å². The highest BCUT2D eigenvalue weighted by Crippen LogP contribution is 2.36. The molecule has 0 fully saturated rings. The topological polar surface area (TPSA) is 29.1 Å². The van der Waals surface area contributed by atoms with E-state index in [2.05, 4.69) is 67.7 Å². The Balaban J connectivity index is 1.81. The fourth-order valence-corrected chi connectivity index (χ4v) is 4.00. The summed E-state index contributed by atoms with van der Waals surface area (Å²) in [6, 6.07) is 31.0. The molecule has 0 spiro atoms. The van der Waals surface area contributed by atoms with Gasteiger partial charge in [0.1, 0.15) is 0 Å². The van der Waals surface area contributed by atoms with Crippen molar-refractivity contribution >= 4 is 5.78 Å². The van der Waals surface area contributed by atoms with Gasteiger partial charge in [-0.2, -0.15) is 0 Å². The summed E-state index contributed by atoms with van der Waals surface area (Å²) >= 11 is 0. The number of benzene rings is 3. The van der Waals surface area contributed by atoms with Crippen LogP contribution in [0.2, 0.25) is 0 Å². The van der Waals surface area contributed by atoms with Crippen LogP contribution < -0.4 is 5.32 Å². The molecule has 0 aliphatic rings. The second-order valence-corrected chi connectivity index (χ2v) is 7.39. The van der Waals surface area contributed by atoms with Gasteiger partial charge in [-0.15, -0.1) is 0 Å². The first kappa shape index (κ1) is 20.0. The maximum absolute atomic E-state index is 13.6. The monoisotopic (exact) mass is 371 g/mol. The number of Topliss-reactive ketones (excluding diaryl/α,β-unsaturated/α-hetero) is 1. The summed E-state index contributed by atoms with van der Waals surface area (Å²) in [5, 5.41) is 3.46. The van der Waals surface area contributed by atoms with Crippen LogP contribution in [0.15, 0.2) is 91.0 Å². The average molecular weight is 372 g/mol. The molecule has 1 atom stereocenters. The van der Waals surface area contributed by atoms with E-state index in [-0.39, 0.29) is 11.8 Å². The van der Waals surface area contributed by atoms with Gasteiger partial charge in [0.25, 0.3) is 0 Å². The molecular weight excluding hydrogens is 342 g/mol. The van der Waals surface area contributed by atoms with Crippen molar-refractivity contribution in [2.75, 3.05) is 6.54 Å². The zero-order valence-electron chi connectivity index (χ0n) is 16.8. The molecule has 3 aromatic rings. The summed E-state index contributed by atoms with van der Waals surface area (Å²) < 4.78 is 0. The number of carbonyl (C=O) groups is 1. The van der Waals surface area contributed by atoms with Gasteiger partial charge in [-0.1, -0.05) is 97.9 Å². The number of hydrogen-bond acceptors (Lipinski definition) is 2. The Kier molecular flexibility index (Phi) is 6.78. The molecule has 2 heteroatoms. The molecule has 0 bridgehead atoms. The van der Waals surface area contributed by atoms with Crippen LogP contribution in [0.3, 0.4) is 0 Å². The second kappa shape index (κ2) is 9.48. The molecule has 28 heavy (non-hydrogen) atoms. The number of ketones is 1. The van der Waals surface area contributed by atoms with E-state index >= 15 is 0 Å². The quantitative estimate of drug-likeness (QED) is 0.562. The molecule has 3 aromatic carbocycles. The molecule has 0 aliphatic heterocycles. The Morgan fingerprint density at radius 1 is 0.821 bits per heavy atom. The summed E-state index contributed by atoms with van der Waals surface area (Å²) in [4.78, 5) is 13.6. The van der Waals surface area contributed by atoms with Crippen molar-refractivity contribution in [3.05, 3.63) is 108 Å². The van der Waals surface area contributed by atoms with E-state index in [1.54, 1.807) is 0 Å². The third-order valence-corrected chi connectivity index (χ3v) is 5.54. The van der Waals surface area contributed by atoms with Crippen LogP contribution in [-0.4, -0.2) is 18.4 Å². The average Bonchev–Trinajstić information content (AvgIpc) is 2.75. The molecular formula is C26H29NO.